The Labute approximate surface area is 149 Å². The van der Waals surface area contributed by atoms with Crippen LogP contribution in [0.2, 0.25) is 5.15 Å². The van der Waals surface area contributed by atoms with Crippen molar-refractivity contribution in [1.82, 2.24) is 14.6 Å². The van der Waals surface area contributed by atoms with Crippen LogP contribution in [0.25, 0.3) is 16.8 Å². The molecule has 0 atom stereocenters. The Bertz CT molecular complexity index is 953. The van der Waals surface area contributed by atoms with Gasteiger partial charge in [0, 0.05) is 22.7 Å². The minimum Gasteiger partial charge on any atom is -0.454 e. The molecule has 3 heterocycles. The van der Waals surface area contributed by atoms with Crippen LogP contribution in [0.15, 0.2) is 18.2 Å². The summed E-state index contributed by atoms with van der Waals surface area (Å²) < 4.78 is 12.5. The topological polar surface area (TPSA) is 48.7 Å². The smallest absolute Gasteiger partial charge is 0.231 e. The van der Waals surface area contributed by atoms with E-state index in [0.717, 1.165) is 45.2 Å². The fourth-order valence-electron chi connectivity index (χ4n) is 3.03. The minimum atomic E-state index is 0.248. The number of hydrogen-bond acceptors (Lipinski definition) is 4. The van der Waals surface area contributed by atoms with Gasteiger partial charge in [0.25, 0.3) is 0 Å². The van der Waals surface area contributed by atoms with Crippen LogP contribution in [-0.2, 0) is 6.42 Å². The molecule has 0 spiro atoms. The molecule has 0 radical (unpaired) electrons. The van der Waals surface area contributed by atoms with Gasteiger partial charge in [-0.05, 0) is 38.0 Å². The maximum atomic E-state index is 6.55. The molecule has 3 aromatic rings. The highest BCUT2D eigenvalue weighted by Crippen LogP contribution is 2.38. The Morgan fingerprint density at radius 1 is 1.17 bits per heavy atom. The quantitative estimate of drug-likeness (QED) is 0.517. The van der Waals surface area contributed by atoms with Gasteiger partial charge in [0.2, 0.25) is 6.79 Å². The monoisotopic (exact) mass is 363 g/mol. The molecule has 7 heteroatoms. The number of nitrogens with zero attached hydrogens (tertiary/aromatic N) is 3. The third kappa shape index (κ3) is 2.31. The van der Waals surface area contributed by atoms with E-state index in [0.29, 0.717) is 17.5 Å². The standard InChI is InChI=1S/C17H15Cl2N3O2/c1-9-12(5-6-18)16(19)22-17(20-9)15(10(2)21-22)11-3-4-13-14(7-11)24-8-23-13/h3-4,7H,5-6,8H2,1-2H3. The van der Waals surface area contributed by atoms with Crippen LogP contribution in [0, 0.1) is 13.8 Å². The number of benzene rings is 1. The Balaban J connectivity index is 1.95. The summed E-state index contributed by atoms with van der Waals surface area (Å²) >= 11 is 12.4. The number of hydrogen-bond donors (Lipinski definition) is 0. The average Bonchev–Trinajstić information content (AvgIpc) is 3.14. The van der Waals surface area contributed by atoms with Crippen LogP contribution in [-0.4, -0.2) is 27.3 Å². The van der Waals surface area contributed by atoms with E-state index in [-0.39, 0.29) is 6.79 Å². The lowest BCUT2D eigenvalue weighted by molar-refractivity contribution is 0.174. The van der Waals surface area contributed by atoms with E-state index in [4.69, 9.17) is 37.7 Å². The van der Waals surface area contributed by atoms with Gasteiger partial charge in [0.1, 0.15) is 5.15 Å². The lowest BCUT2D eigenvalue weighted by Gasteiger charge is -2.09. The molecule has 24 heavy (non-hydrogen) atoms. The Hall–Kier alpha value is -1.98. The first-order valence-corrected chi connectivity index (χ1v) is 8.51. The van der Waals surface area contributed by atoms with Crippen molar-refractivity contribution in [3.63, 3.8) is 0 Å². The molecule has 0 N–H and O–H groups in total. The van der Waals surface area contributed by atoms with E-state index < -0.39 is 0 Å². The van der Waals surface area contributed by atoms with E-state index in [1.54, 1.807) is 4.52 Å². The predicted molar refractivity (Wildman–Crippen MR) is 93.5 cm³/mol. The first-order chi connectivity index (χ1) is 11.6. The minimum absolute atomic E-state index is 0.248. The number of alkyl halides is 1. The highest BCUT2D eigenvalue weighted by atomic mass is 35.5. The SMILES string of the molecule is Cc1nc2c(-c3ccc4c(c3)OCO4)c(C)nn2c(Cl)c1CCCl. The summed E-state index contributed by atoms with van der Waals surface area (Å²) in [6.45, 7) is 4.14. The molecule has 1 aromatic carbocycles. The average molecular weight is 364 g/mol. The summed E-state index contributed by atoms with van der Waals surface area (Å²) in [6.07, 6.45) is 0.660. The molecule has 1 aliphatic heterocycles. The summed E-state index contributed by atoms with van der Waals surface area (Å²) in [7, 11) is 0. The number of ether oxygens (including phenoxy) is 2. The molecule has 0 saturated carbocycles. The largest absolute Gasteiger partial charge is 0.454 e. The molecule has 4 rings (SSSR count). The van der Waals surface area contributed by atoms with Crippen LogP contribution < -0.4 is 9.47 Å². The summed E-state index contributed by atoms with van der Waals surface area (Å²) in [6, 6.07) is 5.83. The van der Waals surface area contributed by atoms with E-state index in [2.05, 4.69) is 5.10 Å². The number of halogens is 2. The fourth-order valence-corrected chi connectivity index (χ4v) is 3.57. The molecule has 0 saturated heterocycles. The second-order valence-corrected chi connectivity index (χ2v) is 6.41. The Kier molecular flexibility index (Phi) is 3.77. The van der Waals surface area contributed by atoms with Crippen molar-refractivity contribution < 1.29 is 9.47 Å². The summed E-state index contributed by atoms with van der Waals surface area (Å²) in [5, 5.41) is 5.14. The van der Waals surface area contributed by atoms with Crippen LogP contribution in [0.5, 0.6) is 11.5 Å². The van der Waals surface area contributed by atoms with Crippen LogP contribution in [0.1, 0.15) is 17.0 Å². The van der Waals surface area contributed by atoms with Gasteiger partial charge in [-0.15, -0.1) is 11.6 Å². The van der Waals surface area contributed by atoms with E-state index >= 15 is 0 Å². The highest BCUT2D eigenvalue weighted by molar-refractivity contribution is 6.30. The zero-order valence-electron chi connectivity index (χ0n) is 13.3. The zero-order valence-corrected chi connectivity index (χ0v) is 14.8. The van der Waals surface area contributed by atoms with Gasteiger partial charge in [0.05, 0.1) is 5.69 Å². The molecule has 1 aliphatic rings. The predicted octanol–water partition coefficient (Wildman–Crippen LogP) is 4.18. The van der Waals surface area contributed by atoms with Gasteiger partial charge in [-0.25, -0.2) is 9.50 Å². The second kappa shape index (κ2) is 5.83. The normalized spacial score (nSPS) is 13.0. The van der Waals surface area contributed by atoms with Gasteiger partial charge in [0.15, 0.2) is 17.1 Å². The van der Waals surface area contributed by atoms with Gasteiger partial charge in [-0.3, -0.25) is 0 Å². The number of aromatic nitrogens is 3. The van der Waals surface area contributed by atoms with E-state index in [9.17, 15) is 0 Å². The summed E-state index contributed by atoms with van der Waals surface area (Å²) in [4.78, 5) is 4.73. The van der Waals surface area contributed by atoms with Gasteiger partial charge < -0.3 is 9.47 Å². The van der Waals surface area contributed by atoms with Crippen molar-refractivity contribution in [2.45, 2.75) is 20.3 Å². The van der Waals surface area contributed by atoms with Crippen LogP contribution in [0.3, 0.4) is 0 Å². The van der Waals surface area contributed by atoms with Crippen molar-refractivity contribution in [3.8, 4) is 22.6 Å². The molecule has 0 amide bonds. The van der Waals surface area contributed by atoms with Crippen molar-refractivity contribution in [3.05, 3.63) is 40.3 Å². The molecule has 0 unspecified atom stereocenters. The summed E-state index contributed by atoms with van der Waals surface area (Å²) in [5.41, 5.74) is 5.29. The fraction of sp³-hybridized carbons (Fsp3) is 0.294. The molecule has 0 bridgehead atoms. The maximum Gasteiger partial charge on any atom is 0.231 e. The second-order valence-electron chi connectivity index (χ2n) is 5.67. The molecular weight excluding hydrogens is 349 g/mol. The highest BCUT2D eigenvalue weighted by Gasteiger charge is 2.21. The Morgan fingerprint density at radius 3 is 2.75 bits per heavy atom. The van der Waals surface area contributed by atoms with E-state index in [1.165, 1.54) is 0 Å². The zero-order chi connectivity index (χ0) is 16.8. The molecule has 0 aliphatic carbocycles. The van der Waals surface area contributed by atoms with Crippen molar-refractivity contribution in [2.24, 2.45) is 0 Å². The van der Waals surface area contributed by atoms with Gasteiger partial charge in [-0.2, -0.15) is 5.10 Å². The molecule has 0 fully saturated rings. The van der Waals surface area contributed by atoms with Gasteiger partial charge >= 0.3 is 0 Å². The van der Waals surface area contributed by atoms with Crippen molar-refractivity contribution in [2.75, 3.05) is 12.7 Å². The van der Waals surface area contributed by atoms with Crippen molar-refractivity contribution in [1.29, 1.82) is 0 Å². The van der Waals surface area contributed by atoms with Crippen LogP contribution in [0.4, 0.5) is 0 Å². The molecule has 2 aromatic heterocycles. The lowest BCUT2D eigenvalue weighted by Crippen LogP contribution is -2.03. The third-order valence-corrected chi connectivity index (χ3v) is 4.76. The molecule has 5 nitrogen and oxygen atoms in total. The first kappa shape index (κ1) is 15.5. The maximum absolute atomic E-state index is 6.55. The van der Waals surface area contributed by atoms with Gasteiger partial charge in [-0.1, -0.05) is 17.7 Å². The van der Waals surface area contributed by atoms with Crippen molar-refractivity contribution >= 4 is 28.8 Å². The molecule has 124 valence electrons. The number of rotatable bonds is 3. The van der Waals surface area contributed by atoms with E-state index in [1.807, 2.05) is 32.0 Å². The third-order valence-electron chi connectivity index (χ3n) is 4.19. The summed E-state index contributed by atoms with van der Waals surface area (Å²) in [5.74, 6) is 1.97. The first-order valence-electron chi connectivity index (χ1n) is 7.60. The lowest BCUT2D eigenvalue weighted by atomic mass is 10.1. The Morgan fingerprint density at radius 2 is 1.96 bits per heavy atom. The number of aryl methyl sites for hydroxylation is 2. The van der Waals surface area contributed by atoms with Crippen LogP contribution >= 0.6 is 23.2 Å². The molecular formula is C17H15Cl2N3O2. The number of fused-ring (bicyclic) bond motifs is 2.